The molecule has 0 fully saturated rings. The maximum atomic E-state index is 12.2. The lowest BCUT2D eigenvalue weighted by Crippen LogP contribution is -2.23. The molecule has 0 aliphatic rings. The van der Waals surface area contributed by atoms with Crippen molar-refractivity contribution in [2.75, 3.05) is 38.0 Å². The Balaban J connectivity index is 2.74. The van der Waals surface area contributed by atoms with E-state index in [4.69, 9.17) is 0 Å². The van der Waals surface area contributed by atoms with Gasteiger partial charge < -0.3 is 5.32 Å². The summed E-state index contributed by atoms with van der Waals surface area (Å²) < 4.78 is 25.6. The van der Waals surface area contributed by atoms with Crippen molar-refractivity contribution in [3.63, 3.8) is 0 Å². The molecule has 1 N–H and O–H groups in total. The highest BCUT2D eigenvalue weighted by atomic mass is 32.2. The van der Waals surface area contributed by atoms with E-state index in [-0.39, 0.29) is 0 Å². The zero-order valence-corrected chi connectivity index (χ0v) is 13.4. The molecule has 0 saturated heterocycles. The molecule has 0 atom stereocenters. The van der Waals surface area contributed by atoms with Crippen LogP contribution in [0.4, 0.5) is 5.69 Å². The van der Waals surface area contributed by atoms with Crippen molar-refractivity contribution in [2.24, 2.45) is 0 Å². The highest BCUT2D eigenvalue weighted by Gasteiger charge is 2.20. The molecule has 19 heavy (non-hydrogen) atoms. The molecular formula is C13H22N2O2S2. The molecule has 0 unspecified atom stereocenters. The number of thioether (sulfide) groups is 1. The highest BCUT2D eigenvalue weighted by molar-refractivity contribution is 7.98. The van der Waals surface area contributed by atoms with Crippen molar-refractivity contribution in [1.29, 1.82) is 0 Å². The van der Waals surface area contributed by atoms with Crippen molar-refractivity contribution < 1.29 is 8.42 Å². The third-order valence-electron chi connectivity index (χ3n) is 2.74. The van der Waals surface area contributed by atoms with Crippen LogP contribution in [0.15, 0.2) is 29.2 Å². The molecular weight excluding hydrogens is 280 g/mol. The third kappa shape index (κ3) is 4.71. The minimum absolute atomic E-state index is 0.338. The normalized spacial score (nSPS) is 11.8. The van der Waals surface area contributed by atoms with E-state index in [1.54, 1.807) is 26.2 Å². The molecule has 108 valence electrons. The Morgan fingerprint density at radius 1 is 1.21 bits per heavy atom. The van der Waals surface area contributed by atoms with Crippen LogP contribution < -0.4 is 5.32 Å². The van der Waals surface area contributed by atoms with Crippen LogP contribution >= 0.6 is 11.8 Å². The van der Waals surface area contributed by atoms with Gasteiger partial charge >= 0.3 is 0 Å². The Kier molecular flexibility index (Phi) is 6.68. The standard InChI is InChI=1S/C13H22N2O2S2/c1-15(2)19(16,17)13-9-5-4-8-12(13)14-10-6-7-11-18-3/h4-5,8-9,14H,6-7,10-11H2,1-3H3. The molecule has 0 heterocycles. The summed E-state index contributed by atoms with van der Waals surface area (Å²) in [5.74, 6) is 1.14. The number of benzene rings is 1. The number of hydrogen-bond acceptors (Lipinski definition) is 4. The zero-order chi connectivity index (χ0) is 14.3. The zero-order valence-electron chi connectivity index (χ0n) is 11.7. The number of unbranched alkanes of at least 4 members (excludes halogenated alkanes) is 1. The van der Waals surface area contributed by atoms with Gasteiger partial charge in [0, 0.05) is 20.6 Å². The van der Waals surface area contributed by atoms with E-state index in [1.165, 1.54) is 4.31 Å². The van der Waals surface area contributed by atoms with Crippen molar-refractivity contribution in [3.8, 4) is 0 Å². The Bertz CT molecular complexity index is 487. The summed E-state index contributed by atoms with van der Waals surface area (Å²) in [5.41, 5.74) is 0.681. The largest absolute Gasteiger partial charge is 0.384 e. The second kappa shape index (κ2) is 7.77. The molecule has 0 aliphatic carbocycles. The van der Waals surface area contributed by atoms with Crippen molar-refractivity contribution in [3.05, 3.63) is 24.3 Å². The van der Waals surface area contributed by atoms with E-state index in [9.17, 15) is 8.42 Å². The van der Waals surface area contributed by atoms with Crippen LogP contribution in [0.3, 0.4) is 0 Å². The third-order valence-corrected chi connectivity index (χ3v) is 5.31. The number of hydrogen-bond donors (Lipinski definition) is 1. The summed E-state index contributed by atoms with van der Waals surface area (Å²) >= 11 is 1.83. The van der Waals surface area contributed by atoms with E-state index in [2.05, 4.69) is 11.6 Å². The smallest absolute Gasteiger partial charge is 0.244 e. The first kappa shape index (κ1) is 16.3. The van der Waals surface area contributed by atoms with Crippen LogP contribution in [-0.4, -0.2) is 45.4 Å². The predicted molar refractivity (Wildman–Crippen MR) is 83.4 cm³/mol. The molecule has 1 aromatic carbocycles. The summed E-state index contributed by atoms with van der Waals surface area (Å²) in [6.07, 6.45) is 4.26. The number of nitrogens with zero attached hydrogens (tertiary/aromatic N) is 1. The molecule has 0 radical (unpaired) electrons. The van der Waals surface area contributed by atoms with Crippen LogP contribution in [0.25, 0.3) is 0 Å². The second-order valence-electron chi connectivity index (χ2n) is 4.41. The number of sulfonamides is 1. The molecule has 6 heteroatoms. The maximum Gasteiger partial charge on any atom is 0.244 e. The summed E-state index contributed by atoms with van der Waals surface area (Å²) in [7, 11) is -0.296. The topological polar surface area (TPSA) is 49.4 Å². The quantitative estimate of drug-likeness (QED) is 0.750. The molecule has 0 aromatic heterocycles. The average Bonchev–Trinajstić information content (AvgIpc) is 2.38. The lowest BCUT2D eigenvalue weighted by molar-refractivity contribution is 0.521. The van der Waals surface area contributed by atoms with Crippen LogP contribution in [0, 0.1) is 0 Å². The fraction of sp³-hybridized carbons (Fsp3) is 0.538. The lowest BCUT2D eigenvalue weighted by atomic mass is 10.3. The number of para-hydroxylation sites is 1. The second-order valence-corrected chi connectivity index (χ2v) is 7.52. The highest BCUT2D eigenvalue weighted by Crippen LogP contribution is 2.23. The van der Waals surface area contributed by atoms with Crippen molar-refractivity contribution >= 4 is 27.5 Å². The summed E-state index contributed by atoms with van der Waals surface area (Å²) in [6.45, 7) is 0.792. The first-order valence-corrected chi connectivity index (χ1v) is 9.08. The summed E-state index contributed by atoms with van der Waals surface area (Å²) in [5, 5.41) is 3.22. The molecule has 0 amide bonds. The number of nitrogens with one attached hydrogen (secondary N) is 1. The van der Waals surface area contributed by atoms with Gasteiger partial charge in [0.15, 0.2) is 0 Å². The van der Waals surface area contributed by atoms with E-state index < -0.39 is 10.0 Å². The maximum absolute atomic E-state index is 12.2. The van der Waals surface area contributed by atoms with Crippen LogP contribution in [-0.2, 0) is 10.0 Å². The van der Waals surface area contributed by atoms with Crippen molar-refractivity contribution in [2.45, 2.75) is 17.7 Å². The van der Waals surface area contributed by atoms with Gasteiger partial charge in [-0.1, -0.05) is 12.1 Å². The Morgan fingerprint density at radius 3 is 2.53 bits per heavy atom. The molecule has 4 nitrogen and oxygen atoms in total. The SMILES string of the molecule is CSCCCCNc1ccccc1S(=O)(=O)N(C)C. The van der Waals surface area contributed by atoms with Crippen LogP contribution in [0.2, 0.25) is 0 Å². The predicted octanol–water partition coefficient (Wildman–Crippen LogP) is 2.49. The monoisotopic (exact) mass is 302 g/mol. The number of anilines is 1. The first-order valence-electron chi connectivity index (χ1n) is 6.24. The molecule has 1 rings (SSSR count). The molecule has 0 saturated carbocycles. The fourth-order valence-electron chi connectivity index (χ4n) is 1.63. The molecule has 0 aliphatic heterocycles. The van der Waals surface area contributed by atoms with Crippen LogP contribution in [0.1, 0.15) is 12.8 Å². The summed E-state index contributed by atoms with van der Waals surface area (Å²) in [6, 6.07) is 7.04. The molecule has 0 bridgehead atoms. The van der Waals surface area contributed by atoms with Crippen molar-refractivity contribution in [1.82, 2.24) is 4.31 Å². The van der Waals surface area contributed by atoms with E-state index in [1.807, 2.05) is 23.9 Å². The van der Waals surface area contributed by atoms with E-state index >= 15 is 0 Å². The van der Waals surface area contributed by atoms with Gasteiger partial charge in [0.05, 0.1) is 5.69 Å². The first-order chi connectivity index (χ1) is 9.00. The van der Waals surface area contributed by atoms with Gasteiger partial charge in [0.25, 0.3) is 0 Å². The Morgan fingerprint density at radius 2 is 1.89 bits per heavy atom. The minimum Gasteiger partial charge on any atom is -0.384 e. The Hall–Kier alpha value is -0.720. The molecule has 1 aromatic rings. The Labute approximate surface area is 120 Å². The van der Waals surface area contributed by atoms with E-state index in [0.29, 0.717) is 10.6 Å². The average molecular weight is 302 g/mol. The minimum atomic E-state index is -3.39. The van der Waals surface area contributed by atoms with Gasteiger partial charge in [-0.05, 0) is 37.0 Å². The van der Waals surface area contributed by atoms with Gasteiger partial charge in [-0.3, -0.25) is 0 Å². The van der Waals surface area contributed by atoms with Crippen LogP contribution in [0.5, 0.6) is 0 Å². The molecule has 0 spiro atoms. The van der Waals surface area contributed by atoms with Gasteiger partial charge in [0.1, 0.15) is 4.90 Å². The summed E-state index contributed by atoms with van der Waals surface area (Å²) in [4.78, 5) is 0.338. The van der Waals surface area contributed by atoms with Gasteiger partial charge in [-0.2, -0.15) is 11.8 Å². The fourth-order valence-corrected chi connectivity index (χ4v) is 3.18. The number of rotatable bonds is 8. The van der Waals surface area contributed by atoms with E-state index in [0.717, 1.165) is 25.1 Å². The van der Waals surface area contributed by atoms with Gasteiger partial charge in [0.2, 0.25) is 10.0 Å². The lowest BCUT2D eigenvalue weighted by Gasteiger charge is -2.16. The van der Waals surface area contributed by atoms with Gasteiger partial charge in [-0.25, -0.2) is 12.7 Å². The van der Waals surface area contributed by atoms with Gasteiger partial charge in [-0.15, -0.1) is 0 Å².